The minimum atomic E-state index is 0.248. The first-order chi connectivity index (χ1) is 4.88. The standard InChI is InChI=1S/C7H9NO2/c9-6-2-1-5-3-10-4-8-7(5)6/h8H,1-4H2. The summed E-state index contributed by atoms with van der Waals surface area (Å²) in [6.45, 7) is 1.14. The molecule has 0 atom stereocenters. The number of hydrogen-bond donors (Lipinski definition) is 1. The molecule has 3 heteroatoms. The summed E-state index contributed by atoms with van der Waals surface area (Å²) in [7, 11) is 0. The Morgan fingerprint density at radius 1 is 1.40 bits per heavy atom. The molecule has 1 heterocycles. The van der Waals surface area contributed by atoms with E-state index in [1.54, 1.807) is 0 Å². The van der Waals surface area contributed by atoms with Crippen molar-refractivity contribution >= 4 is 5.78 Å². The van der Waals surface area contributed by atoms with Crippen LogP contribution in [0.4, 0.5) is 0 Å². The molecule has 54 valence electrons. The number of rotatable bonds is 0. The number of carbonyl (C=O) groups is 1. The highest BCUT2D eigenvalue weighted by Gasteiger charge is 2.24. The number of nitrogens with one attached hydrogen (secondary N) is 1. The number of carbonyl (C=O) groups excluding carboxylic acids is 1. The van der Waals surface area contributed by atoms with E-state index in [1.807, 2.05) is 0 Å². The second-order valence-corrected chi connectivity index (χ2v) is 2.57. The van der Waals surface area contributed by atoms with Crippen molar-refractivity contribution in [2.24, 2.45) is 0 Å². The van der Waals surface area contributed by atoms with Crippen LogP contribution in [0.3, 0.4) is 0 Å². The molecule has 0 amide bonds. The van der Waals surface area contributed by atoms with Crippen molar-refractivity contribution in [3.05, 3.63) is 11.3 Å². The van der Waals surface area contributed by atoms with Crippen molar-refractivity contribution in [1.29, 1.82) is 0 Å². The third-order valence-electron chi connectivity index (χ3n) is 1.91. The van der Waals surface area contributed by atoms with E-state index in [0.29, 0.717) is 19.8 Å². The first-order valence-corrected chi connectivity index (χ1v) is 3.45. The fourth-order valence-corrected chi connectivity index (χ4v) is 1.38. The lowest BCUT2D eigenvalue weighted by Crippen LogP contribution is -2.27. The van der Waals surface area contributed by atoms with Gasteiger partial charge in [-0.25, -0.2) is 0 Å². The van der Waals surface area contributed by atoms with E-state index in [2.05, 4.69) is 5.32 Å². The highest BCUT2D eigenvalue weighted by molar-refractivity contribution is 5.98. The maximum atomic E-state index is 11.0. The van der Waals surface area contributed by atoms with Crippen LogP contribution in [-0.4, -0.2) is 19.1 Å². The summed E-state index contributed by atoms with van der Waals surface area (Å²) in [5.41, 5.74) is 1.97. The maximum absolute atomic E-state index is 11.0. The molecule has 1 aliphatic carbocycles. The zero-order valence-corrected chi connectivity index (χ0v) is 5.64. The van der Waals surface area contributed by atoms with Crippen molar-refractivity contribution < 1.29 is 9.53 Å². The number of ketones is 1. The van der Waals surface area contributed by atoms with E-state index >= 15 is 0 Å². The summed E-state index contributed by atoms with van der Waals surface area (Å²) >= 11 is 0. The molecule has 10 heavy (non-hydrogen) atoms. The van der Waals surface area contributed by atoms with Crippen LogP contribution in [0, 0.1) is 0 Å². The van der Waals surface area contributed by atoms with E-state index in [4.69, 9.17) is 4.74 Å². The molecule has 0 bridgehead atoms. The Bertz CT molecular complexity index is 208. The van der Waals surface area contributed by atoms with Crippen molar-refractivity contribution in [3.8, 4) is 0 Å². The summed E-state index contributed by atoms with van der Waals surface area (Å²) < 4.78 is 5.11. The van der Waals surface area contributed by atoms with Crippen LogP contribution in [0.1, 0.15) is 12.8 Å². The molecule has 0 aromatic rings. The molecule has 2 aliphatic rings. The van der Waals surface area contributed by atoms with Gasteiger partial charge >= 0.3 is 0 Å². The topological polar surface area (TPSA) is 38.3 Å². The van der Waals surface area contributed by atoms with Crippen molar-refractivity contribution in [1.82, 2.24) is 5.32 Å². The van der Waals surface area contributed by atoms with Gasteiger partial charge in [-0.1, -0.05) is 0 Å². The molecule has 0 radical (unpaired) electrons. The van der Waals surface area contributed by atoms with Gasteiger partial charge in [0.05, 0.1) is 12.3 Å². The molecule has 0 spiro atoms. The quantitative estimate of drug-likeness (QED) is 0.520. The van der Waals surface area contributed by atoms with Gasteiger partial charge in [-0.2, -0.15) is 0 Å². The Labute approximate surface area is 59.1 Å². The minimum absolute atomic E-state index is 0.248. The molecule has 0 saturated carbocycles. The Morgan fingerprint density at radius 2 is 2.30 bits per heavy atom. The van der Waals surface area contributed by atoms with Crippen LogP contribution in [0.5, 0.6) is 0 Å². The average molecular weight is 139 g/mol. The third kappa shape index (κ3) is 0.743. The van der Waals surface area contributed by atoms with Crippen LogP contribution in [0.2, 0.25) is 0 Å². The normalized spacial score (nSPS) is 24.6. The Hall–Kier alpha value is -0.830. The fraction of sp³-hybridized carbons (Fsp3) is 0.571. The fourth-order valence-electron chi connectivity index (χ4n) is 1.38. The molecule has 0 aromatic heterocycles. The zero-order chi connectivity index (χ0) is 6.97. The highest BCUT2D eigenvalue weighted by Crippen LogP contribution is 2.22. The van der Waals surface area contributed by atoms with Gasteiger partial charge in [-0.3, -0.25) is 4.79 Å². The number of allylic oxidation sites excluding steroid dienone is 1. The van der Waals surface area contributed by atoms with Gasteiger partial charge in [0.2, 0.25) is 0 Å². The van der Waals surface area contributed by atoms with Crippen LogP contribution in [-0.2, 0) is 9.53 Å². The predicted molar refractivity (Wildman–Crippen MR) is 35.2 cm³/mol. The van der Waals surface area contributed by atoms with Gasteiger partial charge in [-0.15, -0.1) is 0 Å². The maximum Gasteiger partial charge on any atom is 0.179 e. The molecular weight excluding hydrogens is 130 g/mol. The van der Waals surface area contributed by atoms with Crippen LogP contribution in [0.15, 0.2) is 11.3 Å². The van der Waals surface area contributed by atoms with E-state index < -0.39 is 0 Å². The molecule has 3 nitrogen and oxygen atoms in total. The van der Waals surface area contributed by atoms with Gasteiger partial charge in [0.15, 0.2) is 5.78 Å². The first-order valence-electron chi connectivity index (χ1n) is 3.45. The van der Waals surface area contributed by atoms with Crippen molar-refractivity contribution in [2.75, 3.05) is 13.3 Å². The lowest BCUT2D eigenvalue weighted by Gasteiger charge is -2.15. The lowest BCUT2D eigenvalue weighted by molar-refractivity contribution is -0.115. The number of hydrogen-bond acceptors (Lipinski definition) is 3. The van der Waals surface area contributed by atoms with E-state index in [9.17, 15) is 4.79 Å². The van der Waals surface area contributed by atoms with Gasteiger partial charge in [0.25, 0.3) is 0 Å². The van der Waals surface area contributed by atoms with E-state index in [-0.39, 0.29) is 5.78 Å². The zero-order valence-electron chi connectivity index (χ0n) is 5.64. The molecular formula is C7H9NO2. The molecule has 1 aliphatic heterocycles. The largest absolute Gasteiger partial charge is 0.360 e. The Morgan fingerprint density at radius 3 is 3.10 bits per heavy atom. The Balaban J connectivity index is 2.29. The van der Waals surface area contributed by atoms with Crippen LogP contribution >= 0.6 is 0 Å². The van der Waals surface area contributed by atoms with Gasteiger partial charge in [0, 0.05) is 6.42 Å². The second kappa shape index (κ2) is 2.09. The smallest absolute Gasteiger partial charge is 0.179 e. The molecule has 1 N–H and O–H groups in total. The molecule has 0 unspecified atom stereocenters. The summed E-state index contributed by atoms with van der Waals surface area (Å²) in [6, 6.07) is 0. The van der Waals surface area contributed by atoms with E-state index in [1.165, 1.54) is 0 Å². The average Bonchev–Trinajstić information content (AvgIpc) is 2.34. The minimum Gasteiger partial charge on any atom is -0.360 e. The van der Waals surface area contributed by atoms with E-state index in [0.717, 1.165) is 17.7 Å². The van der Waals surface area contributed by atoms with Crippen LogP contribution in [0.25, 0.3) is 0 Å². The van der Waals surface area contributed by atoms with Gasteiger partial charge in [0.1, 0.15) is 6.73 Å². The highest BCUT2D eigenvalue weighted by atomic mass is 16.5. The van der Waals surface area contributed by atoms with Gasteiger partial charge < -0.3 is 10.1 Å². The SMILES string of the molecule is O=C1CCC2=C1NCOC2. The predicted octanol–water partition coefficient (Wildman–Crippen LogP) is 0.181. The first kappa shape index (κ1) is 5.92. The van der Waals surface area contributed by atoms with Crippen molar-refractivity contribution in [3.63, 3.8) is 0 Å². The number of Topliss-reactive ketones (excluding diaryl/α,β-unsaturated/α-hetero) is 1. The summed E-state index contributed by atoms with van der Waals surface area (Å²) in [5.74, 6) is 0.248. The summed E-state index contributed by atoms with van der Waals surface area (Å²) in [4.78, 5) is 11.0. The van der Waals surface area contributed by atoms with Gasteiger partial charge in [-0.05, 0) is 12.0 Å². The number of ether oxygens (including phenoxy) is 1. The monoisotopic (exact) mass is 139 g/mol. The molecule has 2 rings (SSSR count). The molecule has 0 aromatic carbocycles. The summed E-state index contributed by atoms with van der Waals surface area (Å²) in [5, 5.41) is 2.94. The van der Waals surface area contributed by atoms with Crippen LogP contribution < -0.4 is 5.32 Å². The molecule has 0 saturated heterocycles. The second-order valence-electron chi connectivity index (χ2n) is 2.57. The third-order valence-corrected chi connectivity index (χ3v) is 1.91. The Kier molecular flexibility index (Phi) is 1.24. The lowest BCUT2D eigenvalue weighted by atomic mass is 10.2. The summed E-state index contributed by atoms with van der Waals surface area (Å²) in [6.07, 6.45) is 1.56. The van der Waals surface area contributed by atoms with Crippen molar-refractivity contribution in [2.45, 2.75) is 12.8 Å². The molecule has 0 fully saturated rings.